The lowest BCUT2D eigenvalue weighted by Gasteiger charge is -1.71. The van der Waals surface area contributed by atoms with Gasteiger partial charge in [-0.25, -0.2) is 9.59 Å². The van der Waals surface area contributed by atoms with Crippen molar-refractivity contribution in [2.24, 2.45) is 0 Å². The zero-order valence-electron chi connectivity index (χ0n) is 4.87. The fourth-order valence-electron chi connectivity index (χ4n) is 0.216. The van der Waals surface area contributed by atoms with Gasteiger partial charge in [0.2, 0.25) is 0 Å². The van der Waals surface area contributed by atoms with Crippen LogP contribution < -0.4 is 0 Å². The Kier molecular flexibility index (Phi) is 3.42. The average molecular weight is 140 g/mol. The van der Waals surface area contributed by atoms with Gasteiger partial charge in [-0.1, -0.05) is 5.92 Å². The van der Waals surface area contributed by atoms with Crippen LogP contribution in [0.2, 0.25) is 0 Å². The van der Waals surface area contributed by atoms with E-state index in [-0.39, 0.29) is 0 Å². The van der Waals surface area contributed by atoms with E-state index in [1.54, 1.807) is 5.92 Å². The van der Waals surface area contributed by atoms with E-state index in [9.17, 15) is 9.59 Å². The van der Waals surface area contributed by atoms with E-state index in [0.29, 0.717) is 0 Å². The summed E-state index contributed by atoms with van der Waals surface area (Å²) in [5.74, 6) is 1.29. The second kappa shape index (κ2) is 4.15. The van der Waals surface area contributed by atoms with E-state index in [1.165, 1.54) is 0 Å². The molecule has 0 aliphatic heterocycles. The van der Waals surface area contributed by atoms with Gasteiger partial charge in [0, 0.05) is 12.0 Å². The van der Waals surface area contributed by atoms with E-state index in [1.807, 2.05) is 5.92 Å². The molecule has 0 aromatic rings. The Bertz CT molecular complexity index is 228. The third-order valence-electron chi connectivity index (χ3n) is 0.488. The maximum absolute atomic E-state index is 9.74. The molecule has 0 aromatic carbocycles. The standard InChI is InChI=1S/C6H4O4/c7-5(8)3-1-2-4-6(9)10/h1,3H,(H,7,8)(H,9,10). The molecule has 2 N–H and O–H groups in total. The van der Waals surface area contributed by atoms with Crippen LogP contribution in [0.5, 0.6) is 0 Å². The number of carboxylic acid groups (broad SMARTS) is 2. The topological polar surface area (TPSA) is 74.6 Å². The van der Waals surface area contributed by atoms with E-state index in [0.717, 1.165) is 12.2 Å². The molecule has 0 aliphatic rings. The summed E-state index contributed by atoms with van der Waals surface area (Å²) in [7, 11) is 0. The van der Waals surface area contributed by atoms with Crippen LogP contribution in [-0.2, 0) is 9.59 Å². The molecule has 0 spiro atoms. The molecule has 0 atom stereocenters. The first kappa shape index (κ1) is 8.24. The molecule has 0 heterocycles. The molecule has 0 saturated heterocycles. The minimum Gasteiger partial charge on any atom is -0.478 e. The molecule has 52 valence electrons. The van der Waals surface area contributed by atoms with E-state index < -0.39 is 11.9 Å². The van der Waals surface area contributed by atoms with Gasteiger partial charge in [0.25, 0.3) is 0 Å². The predicted octanol–water partition coefficient (Wildman–Crippen LogP) is -0.285. The van der Waals surface area contributed by atoms with Crippen molar-refractivity contribution in [1.82, 2.24) is 0 Å². The number of rotatable bonds is 1. The summed E-state index contributed by atoms with van der Waals surface area (Å²) >= 11 is 0. The van der Waals surface area contributed by atoms with Crippen LogP contribution in [-0.4, -0.2) is 22.2 Å². The first-order chi connectivity index (χ1) is 4.63. The van der Waals surface area contributed by atoms with Crippen molar-refractivity contribution in [3.63, 3.8) is 0 Å². The number of hydrogen-bond donors (Lipinski definition) is 2. The Hall–Kier alpha value is -1.76. The maximum Gasteiger partial charge on any atom is 0.382 e. The van der Waals surface area contributed by atoms with Crippen LogP contribution in [0.25, 0.3) is 0 Å². The molecular formula is C6H4O4. The van der Waals surface area contributed by atoms with Crippen molar-refractivity contribution in [2.75, 3.05) is 0 Å². The molecule has 0 unspecified atom stereocenters. The van der Waals surface area contributed by atoms with Crippen molar-refractivity contribution >= 4 is 11.9 Å². The van der Waals surface area contributed by atoms with Gasteiger partial charge in [-0.2, -0.15) is 0 Å². The SMILES string of the molecule is O=C(O)C#CC=CC(=O)O. The van der Waals surface area contributed by atoms with Gasteiger partial charge in [0.1, 0.15) is 0 Å². The van der Waals surface area contributed by atoms with Crippen LogP contribution >= 0.6 is 0 Å². The van der Waals surface area contributed by atoms with Crippen molar-refractivity contribution in [1.29, 1.82) is 0 Å². The maximum atomic E-state index is 9.74. The van der Waals surface area contributed by atoms with Gasteiger partial charge in [0.15, 0.2) is 0 Å². The van der Waals surface area contributed by atoms with Crippen LogP contribution in [0.3, 0.4) is 0 Å². The van der Waals surface area contributed by atoms with E-state index in [2.05, 4.69) is 0 Å². The lowest BCUT2D eigenvalue weighted by atomic mass is 10.5. The van der Waals surface area contributed by atoms with Crippen molar-refractivity contribution in [3.8, 4) is 11.8 Å². The Balaban J connectivity index is 3.87. The molecule has 0 aliphatic carbocycles. The van der Waals surface area contributed by atoms with Gasteiger partial charge in [-0.05, 0) is 6.08 Å². The van der Waals surface area contributed by atoms with E-state index >= 15 is 0 Å². The number of allylic oxidation sites excluding steroid dienone is 1. The van der Waals surface area contributed by atoms with Crippen molar-refractivity contribution in [2.45, 2.75) is 0 Å². The Labute approximate surface area is 56.8 Å². The lowest BCUT2D eigenvalue weighted by molar-refractivity contribution is -0.132. The number of carbonyl (C=O) groups is 2. The molecular weight excluding hydrogens is 136 g/mol. The zero-order valence-corrected chi connectivity index (χ0v) is 4.87. The highest BCUT2D eigenvalue weighted by Gasteiger charge is 1.82. The van der Waals surface area contributed by atoms with Crippen LogP contribution in [0.4, 0.5) is 0 Å². The van der Waals surface area contributed by atoms with Crippen molar-refractivity contribution in [3.05, 3.63) is 12.2 Å². The third kappa shape index (κ3) is 6.24. The Morgan fingerprint density at radius 2 is 1.90 bits per heavy atom. The van der Waals surface area contributed by atoms with E-state index in [4.69, 9.17) is 10.2 Å². The summed E-state index contributed by atoms with van der Waals surface area (Å²) in [5.41, 5.74) is 0. The normalized spacial score (nSPS) is 8.40. The van der Waals surface area contributed by atoms with Gasteiger partial charge in [0.05, 0.1) is 0 Å². The fourth-order valence-corrected chi connectivity index (χ4v) is 0.216. The summed E-state index contributed by atoms with van der Waals surface area (Å²) in [6.07, 6.45) is 1.71. The molecule has 0 fully saturated rings. The van der Waals surface area contributed by atoms with Crippen LogP contribution in [0.1, 0.15) is 0 Å². The number of aliphatic carboxylic acids is 2. The predicted molar refractivity (Wildman–Crippen MR) is 32.2 cm³/mol. The molecule has 0 aromatic heterocycles. The van der Waals surface area contributed by atoms with Crippen LogP contribution in [0.15, 0.2) is 12.2 Å². The smallest absolute Gasteiger partial charge is 0.382 e. The highest BCUT2D eigenvalue weighted by atomic mass is 16.4. The molecule has 4 nitrogen and oxygen atoms in total. The number of carboxylic acids is 2. The van der Waals surface area contributed by atoms with Gasteiger partial charge >= 0.3 is 11.9 Å². The molecule has 0 radical (unpaired) electrons. The molecule has 0 rings (SSSR count). The number of hydrogen-bond acceptors (Lipinski definition) is 2. The average Bonchev–Trinajstić information content (AvgIpc) is 1.79. The zero-order chi connectivity index (χ0) is 7.98. The third-order valence-corrected chi connectivity index (χ3v) is 0.488. The fraction of sp³-hybridized carbons (Fsp3) is 0. The van der Waals surface area contributed by atoms with Gasteiger partial charge < -0.3 is 10.2 Å². The molecule has 0 saturated carbocycles. The summed E-state index contributed by atoms with van der Waals surface area (Å²) in [5, 5.41) is 15.9. The summed E-state index contributed by atoms with van der Waals surface area (Å²) in [6.45, 7) is 0. The molecule has 4 heteroatoms. The largest absolute Gasteiger partial charge is 0.478 e. The minimum atomic E-state index is -1.28. The summed E-state index contributed by atoms with van der Waals surface area (Å²) in [6, 6.07) is 0. The monoisotopic (exact) mass is 140 g/mol. The second-order valence-electron chi connectivity index (χ2n) is 1.25. The van der Waals surface area contributed by atoms with Gasteiger partial charge in [-0.15, -0.1) is 0 Å². The van der Waals surface area contributed by atoms with Crippen LogP contribution in [0, 0.1) is 11.8 Å². The van der Waals surface area contributed by atoms with Gasteiger partial charge in [-0.3, -0.25) is 0 Å². The quantitative estimate of drug-likeness (QED) is 0.388. The molecule has 0 amide bonds. The summed E-state index contributed by atoms with van der Waals surface area (Å²) in [4.78, 5) is 19.4. The highest BCUT2D eigenvalue weighted by Crippen LogP contribution is 1.68. The molecule has 10 heavy (non-hydrogen) atoms. The highest BCUT2D eigenvalue weighted by molar-refractivity contribution is 5.87. The lowest BCUT2D eigenvalue weighted by Crippen LogP contribution is -1.87. The Morgan fingerprint density at radius 3 is 2.30 bits per heavy atom. The first-order valence-corrected chi connectivity index (χ1v) is 2.27. The first-order valence-electron chi connectivity index (χ1n) is 2.27. The minimum absolute atomic E-state index is 0.760. The Morgan fingerprint density at radius 1 is 1.30 bits per heavy atom. The summed E-state index contributed by atoms with van der Waals surface area (Å²) < 4.78 is 0. The molecule has 0 bridgehead atoms. The van der Waals surface area contributed by atoms with Crippen molar-refractivity contribution < 1.29 is 19.8 Å². The second-order valence-corrected chi connectivity index (χ2v) is 1.25.